The fourth-order valence-electron chi connectivity index (χ4n) is 1.13. The molecule has 0 fully saturated rings. The summed E-state index contributed by atoms with van der Waals surface area (Å²) in [6.45, 7) is 8.82. The van der Waals surface area contributed by atoms with E-state index in [-0.39, 0.29) is 19.0 Å². The standard InChI is InChI=1S/C8H18.C5H10O3/c1-4-5-6-7-8(2)3;1-2-8-5(7)3-4-6/h8H,4-7H2,1-3H3;6H,2-4H2,1H3. The van der Waals surface area contributed by atoms with E-state index in [4.69, 9.17) is 5.11 Å². The zero-order valence-electron chi connectivity index (χ0n) is 11.3. The van der Waals surface area contributed by atoms with E-state index >= 15 is 0 Å². The van der Waals surface area contributed by atoms with Gasteiger partial charge in [-0.15, -0.1) is 0 Å². The third kappa shape index (κ3) is 19.1. The minimum absolute atomic E-state index is 0.105. The molecule has 0 bridgehead atoms. The number of carbonyl (C=O) groups excluding carboxylic acids is 1. The number of ether oxygens (including phenoxy) is 1. The van der Waals surface area contributed by atoms with Crippen molar-refractivity contribution in [2.75, 3.05) is 13.2 Å². The van der Waals surface area contributed by atoms with Crippen LogP contribution in [0.2, 0.25) is 0 Å². The quantitative estimate of drug-likeness (QED) is 0.542. The summed E-state index contributed by atoms with van der Waals surface area (Å²) in [5, 5.41) is 8.16. The zero-order valence-corrected chi connectivity index (χ0v) is 11.3. The third-order valence-corrected chi connectivity index (χ3v) is 2.01. The van der Waals surface area contributed by atoms with Gasteiger partial charge in [-0.05, 0) is 12.8 Å². The Hall–Kier alpha value is -0.570. The van der Waals surface area contributed by atoms with E-state index < -0.39 is 0 Å². The molecule has 0 atom stereocenters. The highest BCUT2D eigenvalue weighted by molar-refractivity contribution is 5.69. The smallest absolute Gasteiger partial charge is 0.308 e. The summed E-state index contributed by atoms with van der Waals surface area (Å²) in [7, 11) is 0. The second-order valence-corrected chi connectivity index (χ2v) is 4.17. The van der Waals surface area contributed by atoms with Gasteiger partial charge in [0.25, 0.3) is 0 Å². The van der Waals surface area contributed by atoms with Crippen molar-refractivity contribution < 1.29 is 14.6 Å². The molecule has 1 N–H and O–H groups in total. The number of carbonyl (C=O) groups is 1. The topological polar surface area (TPSA) is 46.5 Å². The molecular weight excluding hydrogens is 204 g/mol. The fourth-order valence-corrected chi connectivity index (χ4v) is 1.13. The Morgan fingerprint density at radius 1 is 1.25 bits per heavy atom. The zero-order chi connectivity index (χ0) is 12.8. The van der Waals surface area contributed by atoms with Gasteiger partial charge in [0.1, 0.15) is 0 Å². The van der Waals surface area contributed by atoms with Crippen molar-refractivity contribution in [2.24, 2.45) is 5.92 Å². The fraction of sp³-hybridized carbons (Fsp3) is 0.923. The number of hydrogen-bond donors (Lipinski definition) is 1. The van der Waals surface area contributed by atoms with Crippen molar-refractivity contribution in [3.8, 4) is 0 Å². The SMILES string of the molecule is CCCCCC(C)C.CCOC(=O)CCO. The van der Waals surface area contributed by atoms with E-state index in [0.717, 1.165) is 5.92 Å². The molecule has 16 heavy (non-hydrogen) atoms. The lowest BCUT2D eigenvalue weighted by Crippen LogP contribution is -2.05. The maximum atomic E-state index is 10.3. The van der Waals surface area contributed by atoms with Gasteiger partial charge in [0.2, 0.25) is 0 Å². The van der Waals surface area contributed by atoms with E-state index in [0.29, 0.717) is 6.61 Å². The number of aliphatic hydroxyl groups is 1. The van der Waals surface area contributed by atoms with Gasteiger partial charge in [0.15, 0.2) is 0 Å². The Morgan fingerprint density at radius 2 is 1.88 bits per heavy atom. The monoisotopic (exact) mass is 232 g/mol. The van der Waals surface area contributed by atoms with E-state index in [9.17, 15) is 4.79 Å². The molecule has 0 rings (SSSR count). The Kier molecular flexibility index (Phi) is 16.1. The van der Waals surface area contributed by atoms with Crippen LogP contribution in [-0.4, -0.2) is 24.3 Å². The molecule has 0 radical (unpaired) electrons. The first-order valence-electron chi connectivity index (χ1n) is 6.34. The van der Waals surface area contributed by atoms with Crippen molar-refractivity contribution in [3.05, 3.63) is 0 Å². The Balaban J connectivity index is 0. The first kappa shape index (κ1) is 17.8. The van der Waals surface area contributed by atoms with Crippen LogP contribution >= 0.6 is 0 Å². The first-order valence-corrected chi connectivity index (χ1v) is 6.34. The average molecular weight is 232 g/mol. The summed E-state index contributed by atoms with van der Waals surface area (Å²) >= 11 is 0. The van der Waals surface area contributed by atoms with Gasteiger partial charge in [-0.2, -0.15) is 0 Å². The molecule has 0 heterocycles. The molecule has 0 spiro atoms. The normalized spacial score (nSPS) is 9.62. The lowest BCUT2D eigenvalue weighted by atomic mass is 10.1. The summed E-state index contributed by atoms with van der Waals surface area (Å²) in [5.74, 6) is 0.566. The predicted molar refractivity (Wildman–Crippen MR) is 67.3 cm³/mol. The van der Waals surface area contributed by atoms with Crippen LogP contribution in [-0.2, 0) is 9.53 Å². The Morgan fingerprint density at radius 3 is 2.25 bits per heavy atom. The molecule has 98 valence electrons. The minimum Gasteiger partial charge on any atom is -0.466 e. The molecule has 0 saturated heterocycles. The van der Waals surface area contributed by atoms with Crippen LogP contribution in [0.15, 0.2) is 0 Å². The van der Waals surface area contributed by atoms with E-state index in [2.05, 4.69) is 25.5 Å². The molecule has 0 aromatic heterocycles. The molecule has 0 aliphatic rings. The lowest BCUT2D eigenvalue weighted by Gasteiger charge is -2.00. The van der Waals surface area contributed by atoms with Gasteiger partial charge >= 0.3 is 5.97 Å². The summed E-state index contributed by atoms with van der Waals surface area (Å²) in [4.78, 5) is 10.3. The average Bonchev–Trinajstić information content (AvgIpc) is 2.19. The van der Waals surface area contributed by atoms with Crippen LogP contribution in [0.5, 0.6) is 0 Å². The van der Waals surface area contributed by atoms with Crippen molar-refractivity contribution in [2.45, 2.75) is 59.8 Å². The van der Waals surface area contributed by atoms with Gasteiger partial charge < -0.3 is 9.84 Å². The molecule has 0 amide bonds. The number of unbranched alkanes of at least 4 members (excludes halogenated alkanes) is 2. The number of esters is 1. The highest BCUT2D eigenvalue weighted by Gasteiger charge is 1.96. The summed E-state index contributed by atoms with van der Waals surface area (Å²) in [6.07, 6.45) is 5.71. The maximum absolute atomic E-state index is 10.3. The molecule has 0 saturated carbocycles. The van der Waals surface area contributed by atoms with Crippen LogP contribution in [0.3, 0.4) is 0 Å². The van der Waals surface area contributed by atoms with E-state index in [1.807, 2.05) is 0 Å². The highest BCUT2D eigenvalue weighted by Crippen LogP contribution is 2.06. The first-order chi connectivity index (χ1) is 7.58. The largest absolute Gasteiger partial charge is 0.466 e. The minimum atomic E-state index is -0.338. The number of hydrogen-bond acceptors (Lipinski definition) is 3. The lowest BCUT2D eigenvalue weighted by molar-refractivity contribution is -0.143. The molecule has 0 unspecified atom stereocenters. The van der Waals surface area contributed by atoms with Crippen LogP contribution < -0.4 is 0 Å². The summed E-state index contributed by atoms with van der Waals surface area (Å²) in [6, 6.07) is 0. The van der Waals surface area contributed by atoms with Crippen molar-refractivity contribution in [3.63, 3.8) is 0 Å². The van der Waals surface area contributed by atoms with Crippen LogP contribution in [0.25, 0.3) is 0 Å². The molecule has 0 aromatic rings. The molecule has 3 heteroatoms. The molecular formula is C13H28O3. The third-order valence-electron chi connectivity index (χ3n) is 2.01. The van der Waals surface area contributed by atoms with E-state index in [1.165, 1.54) is 25.7 Å². The second-order valence-electron chi connectivity index (χ2n) is 4.17. The van der Waals surface area contributed by atoms with Crippen LogP contribution in [0, 0.1) is 5.92 Å². The highest BCUT2D eigenvalue weighted by atomic mass is 16.5. The van der Waals surface area contributed by atoms with Gasteiger partial charge in [0.05, 0.1) is 19.6 Å². The van der Waals surface area contributed by atoms with Gasteiger partial charge in [-0.25, -0.2) is 0 Å². The molecule has 0 aliphatic heterocycles. The number of rotatable bonds is 7. The van der Waals surface area contributed by atoms with Crippen LogP contribution in [0.1, 0.15) is 59.8 Å². The van der Waals surface area contributed by atoms with Crippen LogP contribution in [0.4, 0.5) is 0 Å². The molecule has 3 nitrogen and oxygen atoms in total. The van der Waals surface area contributed by atoms with Gasteiger partial charge in [-0.1, -0.05) is 46.5 Å². The maximum Gasteiger partial charge on any atom is 0.308 e. The van der Waals surface area contributed by atoms with Crippen molar-refractivity contribution >= 4 is 5.97 Å². The van der Waals surface area contributed by atoms with E-state index in [1.54, 1.807) is 6.92 Å². The van der Waals surface area contributed by atoms with Crippen molar-refractivity contribution in [1.82, 2.24) is 0 Å². The van der Waals surface area contributed by atoms with Gasteiger partial charge in [-0.3, -0.25) is 4.79 Å². The molecule has 0 aliphatic carbocycles. The molecule has 0 aromatic carbocycles. The second kappa shape index (κ2) is 14.4. The van der Waals surface area contributed by atoms with Gasteiger partial charge in [0, 0.05) is 0 Å². The Labute approximate surface area is 100 Å². The predicted octanol–water partition coefficient (Wildman–Crippen LogP) is 3.15. The summed E-state index contributed by atoms with van der Waals surface area (Å²) < 4.78 is 4.48. The van der Waals surface area contributed by atoms with Crippen molar-refractivity contribution in [1.29, 1.82) is 0 Å². The Bertz CT molecular complexity index is 136. The summed E-state index contributed by atoms with van der Waals surface area (Å²) in [5.41, 5.74) is 0. The number of aliphatic hydroxyl groups excluding tert-OH is 1.